The topological polar surface area (TPSA) is 214 Å². The number of carbonyl (C=O) groups excluding carboxylic acids is 3. The molecule has 3 amide bonds. The highest BCUT2D eigenvalue weighted by atomic mass is 32.2. The number of nitrogens with one attached hydrogen (secondary N) is 3. The largest absolute Gasteiger partial charge is 0.481 e. The summed E-state index contributed by atoms with van der Waals surface area (Å²) >= 11 is 1.48. The van der Waals surface area contributed by atoms with Gasteiger partial charge in [-0.2, -0.15) is 11.8 Å². The summed E-state index contributed by atoms with van der Waals surface area (Å²) in [5.41, 5.74) is 11.0. The van der Waals surface area contributed by atoms with E-state index in [4.69, 9.17) is 16.6 Å². The highest BCUT2D eigenvalue weighted by Gasteiger charge is 2.29. The first-order valence-corrected chi connectivity index (χ1v) is 11.7. The van der Waals surface area contributed by atoms with E-state index in [1.807, 2.05) is 6.26 Å². The number of hydrogen-bond acceptors (Lipinski definition) is 8. The van der Waals surface area contributed by atoms with Gasteiger partial charge < -0.3 is 37.6 Å². The molecule has 4 unspecified atom stereocenters. The molecule has 0 aromatic heterocycles. The fourth-order valence-electron chi connectivity index (χ4n) is 2.64. The maximum atomic E-state index is 12.8. The van der Waals surface area contributed by atoms with Crippen molar-refractivity contribution in [2.45, 2.75) is 69.6 Å². The summed E-state index contributed by atoms with van der Waals surface area (Å²) < 4.78 is 0. The normalized spacial score (nSPS) is 14.5. The number of rotatable bonds is 17. The maximum Gasteiger partial charge on any atom is 0.326 e. The minimum atomic E-state index is -1.42. The van der Waals surface area contributed by atoms with Gasteiger partial charge in [-0.1, -0.05) is 0 Å². The molecule has 184 valence electrons. The number of unbranched alkanes of at least 4 members (excludes halogenated alkanes) is 1. The quantitative estimate of drug-likeness (QED) is 0.122. The highest BCUT2D eigenvalue weighted by molar-refractivity contribution is 7.98. The minimum Gasteiger partial charge on any atom is -0.481 e. The molecule has 0 saturated heterocycles. The Labute approximate surface area is 191 Å². The van der Waals surface area contributed by atoms with Gasteiger partial charge in [0.05, 0.1) is 6.04 Å². The van der Waals surface area contributed by atoms with Crippen LogP contribution in [0.3, 0.4) is 0 Å². The molecule has 0 rings (SSSR count). The van der Waals surface area contributed by atoms with Crippen molar-refractivity contribution in [3.63, 3.8) is 0 Å². The molecule has 0 fully saturated rings. The molecule has 0 spiro atoms. The van der Waals surface area contributed by atoms with Crippen molar-refractivity contribution in [1.82, 2.24) is 16.0 Å². The Balaban J connectivity index is 5.38. The molecular weight excluding hydrogens is 442 g/mol. The Morgan fingerprint density at radius 1 is 0.844 bits per heavy atom. The zero-order valence-electron chi connectivity index (χ0n) is 18.5. The van der Waals surface area contributed by atoms with Gasteiger partial charge in [-0.05, 0) is 57.6 Å². The minimum absolute atomic E-state index is 0.191. The number of carboxylic acid groups (broad SMARTS) is 2. The van der Waals surface area contributed by atoms with Gasteiger partial charge in [0.2, 0.25) is 17.7 Å². The molecule has 0 aliphatic carbocycles. The zero-order valence-corrected chi connectivity index (χ0v) is 19.3. The lowest BCUT2D eigenvalue weighted by Gasteiger charge is -2.25. The van der Waals surface area contributed by atoms with E-state index in [9.17, 15) is 29.1 Å². The van der Waals surface area contributed by atoms with Crippen LogP contribution >= 0.6 is 11.8 Å². The first kappa shape index (κ1) is 29.6. The van der Waals surface area contributed by atoms with Crippen LogP contribution in [0.15, 0.2) is 0 Å². The highest BCUT2D eigenvalue weighted by Crippen LogP contribution is 2.07. The smallest absolute Gasteiger partial charge is 0.326 e. The zero-order chi connectivity index (χ0) is 24.7. The van der Waals surface area contributed by atoms with Crippen LogP contribution in [0.25, 0.3) is 0 Å². The maximum absolute atomic E-state index is 12.8. The van der Waals surface area contributed by atoms with Crippen LogP contribution < -0.4 is 27.4 Å². The fourth-order valence-corrected chi connectivity index (χ4v) is 3.11. The van der Waals surface area contributed by atoms with Crippen LogP contribution in [-0.4, -0.2) is 82.6 Å². The van der Waals surface area contributed by atoms with Gasteiger partial charge in [-0.3, -0.25) is 19.2 Å². The predicted octanol–water partition coefficient (Wildman–Crippen LogP) is -1.38. The van der Waals surface area contributed by atoms with E-state index in [1.165, 1.54) is 18.7 Å². The van der Waals surface area contributed by atoms with Crippen LogP contribution in [0.5, 0.6) is 0 Å². The molecule has 0 aromatic rings. The van der Waals surface area contributed by atoms with E-state index in [-0.39, 0.29) is 12.8 Å². The molecule has 4 atom stereocenters. The fraction of sp³-hybridized carbons (Fsp3) is 0.737. The van der Waals surface area contributed by atoms with Gasteiger partial charge in [-0.25, -0.2) is 4.79 Å². The Kier molecular flexibility index (Phi) is 15.1. The average Bonchev–Trinajstić information content (AvgIpc) is 2.72. The van der Waals surface area contributed by atoms with Crippen molar-refractivity contribution < 1.29 is 34.2 Å². The Morgan fingerprint density at radius 3 is 1.84 bits per heavy atom. The van der Waals surface area contributed by atoms with Crippen molar-refractivity contribution in [2.24, 2.45) is 11.5 Å². The van der Waals surface area contributed by atoms with Crippen molar-refractivity contribution in [3.8, 4) is 0 Å². The third kappa shape index (κ3) is 12.5. The Bertz CT molecular complexity index is 648. The van der Waals surface area contributed by atoms with Crippen molar-refractivity contribution in [1.29, 1.82) is 0 Å². The van der Waals surface area contributed by atoms with Crippen molar-refractivity contribution in [2.75, 3.05) is 18.6 Å². The van der Waals surface area contributed by atoms with Crippen LogP contribution in [0.1, 0.15) is 45.4 Å². The summed E-state index contributed by atoms with van der Waals surface area (Å²) in [7, 11) is 0. The number of carboxylic acids is 2. The van der Waals surface area contributed by atoms with E-state index < -0.39 is 60.2 Å². The van der Waals surface area contributed by atoms with Crippen LogP contribution in [-0.2, 0) is 24.0 Å². The monoisotopic (exact) mass is 477 g/mol. The molecule has 0 aliphatic rings. The lowest BCUT2D eigenvalue weighted by atomic mass is 10.1. The first-order valence-electron chi connectivity index (χ1n) is 10.3. The van der Waals surface area contributed by atoms with Crippen LogP contribution in [0.4, 0.5) is 0 Å². The summed E-state index contributed by atoms with van der Waals surface area (Å²) in [5.74, 6) is -3.88. The summed E-state index contributed by atoms with van der Waals surface area (Å²) in [6, 6.07) is -4.25. The number of amides is 3. The van der Waals surface area contributed by atoms with Gasteiger partial charge in [0.25, 0.3) is 0 Å². The van der Waals surface area contributed by atoms with Gasteiger partial charge >= 0.3 is 11.9 Å². The van der Waals surface area contributed by atoms with Gasteiger partial charge in [0.1, 0.15) is 18.1 Å². The van der Waals surface area contributed by atoms with E-state index in [0.717, 1.165) is 0 Å². The third-order valence-electron chi connectivity index (χ3n) is 4.50. The molecule has 0 aromatic carbocycles. The third-order valence-corrected chi connectivity index (χ3v) is 5.14. The molecule has 0 aliphatic heterocycles. The molecule has 0 heterocycles. The molecule has 13 heteroatoms. The second-order valence-electron chi connectivity index (χ2n) is 7.31. The number of aliphatic carboxylic acids is 2. The molecule has 12 nitrogen and oxygen atoms in total. The van der Waals surface area contributed by atoms with E-state index in [0.29, 0.717) is 31.6 Å². The number of carbonyl (C=O) groups is 5. The summed E-state index contributed by atoms with van der Waals surface area (Å²) in [4.78, 5) is 59.6. The SMILES string of the molecule is CSCCC(NC(=O)C(C)N)C(=O)NC(CCCCN)C(=O)NC(CCC(=O)O)C(=O)O. The van der Waals surface area contributed by atoms with Gasteiger partial charge in [0.15, 0.2) is 0 Å². The molecule has 0 saturated carbocycles. The van der Waals surface area contributed by atoms with Gasteiger partial charge in [0, 0.05) is 6.42 Å². The van der Waals surface area contributed by atoms with Crippen LogP contribution in [0.2, 0.25) is 0 Å². The van der Waals surface area contributed by atoms with Crippen molar-refractivity contribution in [3.05, 3.63) is 0 Å². The lowest BCUT2D eigenvalue weighted by molar-refractivity contribution is -0.143. The number of hydrogen-bond donors (Lipinski definition) is 7. The molecule has 9 N–H and O–H groups in total. The number of thioether (sulfide) groups is 1. The Morgan fingerprint density at radius 2 is 1.38 bits per heavy atom. The van der Waals surface area contributed by atoms with Crippen molar-refractivity contribution >= 4 is 41.4 Å². The first-order chi connectivity index (χ1) is 15.0. The van der Waals surface area contributed by atoms with Crippen LogP contribution in [0, 0.1) is 0 Å². The van der Waals surface area contributed by atoms with E-state index in [2.05, 4.69) is 16.0 Å². The Hall–Kier alpha value is -2.38. The lowest BCUT2D eigenvalue weighted by Crippen LogP contribution is -2.57. The summed E-state index contributed by atoms with van der Waals surface area (Å²) in [6.07, 6.45) is 2.66. The van der Waals surface area contributed by atoms with E-state index >= 15 is 0 Å². The number of nitrogens with two attached hydrogens (primary N) is 2. The average molecular weight is 478 g/mol. The summed E-state index contributed by atoms with van der Waals surface area (Å²) in [6.45, 7) is 1.85. The second kappa shape index (κ2) is 16.3. The molecule has 0 bridgehead atoms. The van der Waals surface area contributed by atoms with E-state index in [1.54, 1.807) is 0 Å². The molecular formula is C19H35N5O7S. The molecule has 32 heavy (non-hydrogen) atoms. The predicted molar refractivity (Wildman–Crippen MR) is 120 cm³/mol. The standard InChI is InChI=1S/C19H35N5O7S/c1-11(21)16(27)22-13(8-10-32-2)18(29)23-12(5-3-4-9-20)17(28)24-14(19(30)31)6-7-15(25)26/h11-14H,3-10,20-21H2,1-2H3,(H,22,27)(H,23,29)(H,24,28)(H,25,26)(H,30,31). The van der Waals surface area contributed by atoms with Gasteiger partial charge in [-0.15, -0.1) is 0 Å². The molecule has 0 radical (unpaired) electrons. The summed E-state index contributed by atoms with van der Waals surface area (Å²) in [5, 5.41) is 25.5. The second-order valence-corrected chi connectivity index (χ2v) is 8.29.